The number of nitrogens with zero attached hydrogens (tertiary/aromatic N) is 2. The Morgan fingerprint density at radius 1 is 1.30 bits per heavy atom. The van der Waals surface area contributed by atoms with Crippen molar-refractivity contribution in [1.29, 1.82) is 0 Å². The molecule has 6 heteroatoms. The van der Waals surface area contributed by atoms with Gasteiger partial charge in [0.2, 0.25) is 10.0 Å². The molecule has 1 aliphatic heterocycles. The maximum atomic E-state index is 12.4. The Morgan fingerprint density at radius 2 is 1.95 bits per heavy atom. The standard InChI is InChI=1S/C14H21BrN2O2S/c1-11-8-9-17(10-12(11)15)13-6-4-5-7-14(13)20(18,19)16(2)3/h4-7,11-12H,8-10H2,1-3H3. The molecule has 0 spiro atoms. The Bertz CT molecular complexity index is 574. The molecule has 2 rings (SSSR count). The lowest BCUT2D eigenvalue weighted by molar-refractivity contribution is 0.454. The van der Waals surface area contributed by atoms with E-state index < -0.39 is 10.0 Å². The summed E-state index contributed by atoms with van der Waals surface area (Å²) in [4.78, 5) is 2.95. The minimum Gasteiger partial charge on any atom is -0.369 e. The van der Waals surface area contributed by atoms with Crippen molar-refractivity contribution < 1.29 is 8.42 Å². The molecule has 1 fully saturated rings. The second-order valence-electron chi connectivity index (χ2n) is 5.48. The average molecular weight is 361 g/mol. The van der Waals surface area contributed by atoms with Crippen LogP contribution in [-0.4, -0.2) is 44.7 Å². The molecular formula is C14H21BrN2O2S. The number of sulfonamides is 1. The first-order valence-corrected chi connectivity index (χ1v) is 9.10. The zero-order valence-corrected chi connectivity index (χ0v) is 14.5. The van der Waals surface area contributed by atoms with Gasteiger partial charge in [-0.25, -0.2) is 12.7 Å². The van der Waals surface area contributed by atoms with Gasteiger partial charge in [-0.15, -0.1) is 0 Å². The van der Waals surface area contributed by atoms with Crippen molar-refractivity contribution in [2.45, 2.75) is 23.1 Å². The Balaban J connectivity index is 2.39. The van der Waals surface area contributed by atoms with E-state index >= 15 is 0 Å². The van der Waals surface area contributed by atoms with E-state index in [4.69, 9.17) is 0 Å². The second-order valence-corrected chi connectivity index (χ2v) is 8.78. The molecule has 1 aromatic rings. The quantitative estimate of drug-likeness (QED) is 0.777. The number of alkyl halides is 1. The first kappa shape index (κ1) is 15.8. The predicted octanol–water partition coefficient (Wildman–Crippen LogP) is 2.55. The van der Waals surface area contributed by atoms with Crippen LogP contribution in [0.1, 0.15) is 13.3 Å². The smallest absolute Gasteiger partial charge is 0.244 e. The molecule has 1 saturated heterocycles. The van der Waals surface area contributed by atoms with Gasteiger partial charge < -0.3 is 4.90 Å². The molecule has 20 heavy (non-hydrogen) atoms. The summed E-state index contributed by atoms with van der Waals surface area (Å²) in [7, 11) is -0.277. The van der Waals surface area contributed by atoms with Crippen LogP contribution in [0.4, 0.5) is 5.69 Å². The molecular weight excluding hydrogens is 340 g/mol. The lowest BCUT2D eigenvalue weighted by Gasteiger charge is -2.36. The fourth-order valence-corrected chi connectivity index (χ4v) is 4.09. The number of rotatable bonds is 3. The van der Waals surface area contributed by atoms with Gasteiger partial charge in [0.1, 0.15) is 4.90 Å². The molecule has 0 aromatic heterocycles. The van der Waals surface area contributed by atoms with E-state index in [2.05, 4.69) is 27.8 Å². The van der Waals surface area contributed by atoms with E-state index in [0.717, 1.165) is 25.2 Å². The van der Waals surface area contributed by atoms with Gasteiger partial charge in [-0.1, -0.05) is 35.0 Å². The fraction of sp³-hybridized carbons (Fsp3) is 0.571. The molecule has 0 bridgehead atoms. The normalized spacial score (nSPS) is 24.1. The molecule has 1 aromatic carbocycles. The molecule has 1 heterocycles. The summed E-state index contributed by atoms with van der Waals surface area (Å²) in [5, 5.41) is 0. The summed E-state index contributed by atoms with van der Waals surface area (Å²) in [6, 6.07) is 7.25. The number of halogens is 1. The number of hydrogen-bond acceptors (Lipinski definition) is 3. The van der Waals surface area contributed by atoms with E-state index in [1.54, 1.807) is 26.2 Å². The van der Waals surface area contributed by atoms with Crippen LogP contribution in [0.3, 0.4) is 0 Å². The Kier molecular flexibility index (Phi) is 4.76. The summed E-state index contributed by atoms with van der Waals surface area (Å²) < 4.78 is 26.1. The molecule has 0 saturated carbocycles. The summed E-state index contributed by atoms with van der Waals surface area (Å²) >= 11 is 3.69. The number of para-hydroxylation sites is 1. The Morgan fingerprint density at radius 3 is 2.55 bits per heavy atom. The average Bonchev–Trinajstić information content (AvgIpc) is 2.41. The van der Waals surface area contributed by atoms with Crippen LogP contribution in [0.15, 0.2) is 29.2 Å². The van der Waals surface area contributed by atoms with Crippen LogP contribution in [0.5, 0.6) is 0 Å². The summed E-state index contributed by atoms with van der Waals surface area (Å²) in [6.45, 7) is 3.95. The Hall–Kier alpha value is -0.590. The molecule has 0 N–H and O–H groups in total. The summed E-state index contributed by atoms with van der Waals surface area (Å²) in [5.41, 5.74) is 0.803. The van der Waals surface area contributed by atoms with Crippen LogP contribution >= 0.6 is 15.9 Å². The predicted molar refractivity (Wildman–Crippen MR) is 86.0 cm³/mol. The highest BCUT2D eigenvalue weighted by atomic mass is 79.9. The van der Waals surface area contributed by atoms with Gasteiger partial charge in [0.25, 0.3) is 0 Å². The maximum Gasteiger partial charge on any atom is 0.244 e. The molecule has 4 nitrogen and oxygen atoms in total. The van der Waals surface area contributed by atoms with Crippen molar-refractivity contribution in [2.75, 3.05) is 32.1 Å². The van der Waals surface area contributed by atoms with Crippen LogP contribution in [0.2, 0.25) is 0 Å². The largest absolute Gasteiger partial charge is 0.369 e. The van der Waals surface area contributed by atoms with Crippen molar-refractivity contribution in [3.8, 4) is 0 Å². The molecule has 2 atom stereocenters. The Labute approximate surface area is 129 Å². The van der Waals surface area contributed by atoms with E-state index in [1.165, 1.54) is 4.31 Å². The van der Waals surface area contributed by atoms with Gasteiger partial charge in [0.05, 0.1) is 5.69 Å². The zero-order chi connectivity index (χ0) is 14.9. The fourth-order valence-electron chi connectivity index (χ4n) is 2.37. The minimum absolute atomic E-state index is 0.388. The zero-order valence-electron chi connectivity index (χ0n) is 12.1. The molecule has 0 aliphatic carbocycles. The first-order valence-electron chi connectivity index (χ1n) is 6.74. The third-order valence-electron chi connectivity index (χ3n) is 3.83. The lowest BCUT2D eigenvalue weighted by atomic mass is 9.98. The van der Waals surface area contributed by atoms with Gasteiger partial charge in [0.15, 0.2) is 0 Å². The van der Waals surface area contributed by atoms with Crippen LogP contribution in [-0.2, 0) is 10.0 Å². The molecule has 112 valence electrons. The number of piperidine rings is 1. The topological polar surface area (TPSA) is 40.6 Å². The highest BCUT2D eigenvalue weighted by molar-refractivity contribution is 9.09. The lowest BCUT2D eigenvalue weighted by Crippen LogP contribution is -2.41. The van der Waals surface area contributed by atoms with Gasteiger partial charge in [-0.05, 0) is 24.5 Å². The van der Waals surface area contributed by atoms with E-state index in [1.807, 2.05) is 12.1 Å². The van der Waals surface area contributed by atoms with E-state index in [9.17, 15) is 8.42 Å². The molecule has 2 unspecified atom stereocenters. The second kappa shape index (κ2) is 6.03. The van der Waals surface area contributed by atoms with E-state index in [0.29, 0.717) is 15.6 Å². The van der Waals surface area contributed by atoms with Gasteiger partial charge >= 0.3 is 0 Å². The summed E-state index contributed by atoms with van der Waals surface area (Å²) in [6.07, 6.45) is 1.06. The van der Waals surface area contributed by atoms with Crippen molar-refractivity contribution in [2.24, 2.45) is 5.92 Å². The third kappa shape index (κ3) is 3.02. The number of hydrogen-bond donors (Lipinski definition) is 0. The monoisotopic (exact) mass is 360 g/mol. The first-order chi connectivity index (χ1) is 9.34. The minimum atomic E-state index is -3.41. The number of anilines is 1. The van der Waals surface area contributed by atoms with Crippen molar-refractivity contribution in [1.82, 2.24) is 4.31 Å². The number of benzene rings is 1. The molecule has 0 radical (unpaired) electrons. The van der Waals surface area contributed by atoms with Crippen molar-refractivity contribution in [3.63, 3.8) is 0 Å². The molecule has 0 amide bonds. The summed E-state index contributed by atoms with van der Waals surface area (Å²) in [5.74, 6) is 0.615. The van der Waals surface area contributed by atoms with Gasteiger partial charge in [-0.3, -0.25) is 0 Å². The van der Waals surface area contributed by atoms with Crippen LogP contribution in [0.25, 0.3) is 0 Å². The van der Waals surface area contributed by atoms with Crippen molar-refractivity contribution >= 4 is 31.6 Å². The van der Waals surface area contributed by atoms with Crippen molar-refractivity contribution in [3.05, 3.63) is 24.3 Å². The third-order valence-corrected chi connectivity index (χ3v) is 6.89. The van der Waals surface area contributed by atoms with E-state index in [-0.39, 0.29) is 0 Å². The van der Waals surface area contributed by atoms with Crippen LogP contribution in [0, 0.1) is 5.92 Å². The molecule has 1 aliphatic rings. The maximum absolute atomic E-state index is 12.4. The van der Waals surface area contributed by atoms with Gasteiger partial charge in [0, 0.05) is 32.0 Å². The highest BCUT2D eigenvalue weighted by Gasteiger charge is 2.28. The SMILES string of the molecule is CC1CCN(c2ccccc2S(=O)(=O)N(C)C)CC1Br. The van der Waals surface area contributed by atoms with Crippen LogP contribution < -0.4 is 4.90 Å². The highest BCUT2D eigenvalue weighted by Crippen LogP contribution is 2.32. The van der Waals surface area contributed by atoms with Gasteiger partial charge in [-0.2, -0.15) is 0 Å².